The summed E-state index contributed by atoms with van der Waals surface area (Å²) in [6.45, 7) is 1.40. The fraction of sp³-hybridized carbons (Fsp3) is 0.316. The molecule has 1 saturated heterocycles. The van der Waals surface area contributed by atoms with E-state index >= 15 is 0 Å². The Morgan fingerprint density at radius 2 is 1.92 bits per heavy atom. The van der Waals surface area contributed by atoms with Gasteiger partial charge in [0.2, 0.25) is 5.91 Å². The lowest BCUT2D eigenvalue weighted by Crippen LogP contribution is -2.23. The third kappa shape index (κ3) is 5.11. The van der Waals surface area contributed by atoms with Gasteiger partial charge in [0, 0.05) is 6.61 Å². The number of hydrogen-bond acceptors (Lipinski definition) is 4. The van der Waals surface area contributed by atoms with Gasteiger partial charge in [0.25, 0.3) is 0 Å². The van der Waals surface area contributed by atoms with Crippen molar-refractivity contribution < 1.29 is 14.3 Å². The molecule has 1 unspecified atom stereocenters. The van der Waals surface area contributed by atoms with Gasteiger partial charge in [-0.25, -0.2) is 0 Å². The minimum Gasteiger partial charge on any atom is -0.489 e. The first-order chi connectivity index (χ1) is 12.2. The van der Waals surface area contributed by atoms with Crippen LogP contribution in [0, 0.1) is 0 Å². The van der Waals surface area contributed by atoms with Gasteiger partial charge in [-0.2, -0.15) is 0 Å². The Morgan fingerprint density at radius 3 is 2.68 bits per heavy atom. The molecule has 2 N–H and O–H groups in total. The fourth-order valence-electron chi connectivity index (χ4n) is 2.63. The lowest BCUT2D eigenvalue weighted by atomic mass is 10.2. The highest BCUT2D eigenvalue weighted by Crippen LogP contribution is 2.25. The van der Waals surface area contributed by atoms with Gasteiger partial charge in [-0.15, -0.1) is 0 Å². The predicted molar refractivity (Wildman–Crippen MR) is 99.5 cm³/mol. The third-order valence-electron chi connectivity index (χ3n) is 3.92. The molecule has 1 atom stereocenters. The van der Waals surface area contributed by atoms with Crippen molar-refractivity contribution in [2.24, 2.45) is 0 Å². The number of anilines is 2. The van der Waals surface area contributed by atoms with E-state index in [4.69, 9.17) is 21.1 Å². The first-order valence-corrected chi connectivity index (χ1v) is 8.72. The Balaban J connectivity index is 1.54. The van der Waals surface area contributed by atoms with Gasteiger partial charge < -0.3 is 20.1 Å². The molecule has 2 aromatic carbocycles. The molecular weight excluding hydrogens is 340 g/mol. The number of hydrogen-bond donors (Lipinski definition) is 2. The molecule has 0 saturated carbocycles. The van der Waals surface area contributed by atoms with Gasteiger partial charge in [-0.05, 0) is 37.1 Å². The minimum atomic E-state index is -0.173. The van der Waals surface area contributed by atoms with E-state index in [1.165, 1.54) is 0 Å². The normalized spacial score (nSPS) is 16.4. The topological polar surface area (TPSA) is 59.6 Å². The van der Waals surface area contributed by atoms with Crippen LogP contribution in [0.3, 0.4) is 0 Å². The van der Waals surface area contributed by atoms with E-state index in [1.807, 2.05) is 42.5 Å². The van der Waals surface area contributed by atoms with Crippen molar-refractivity contribution >= 4 is 28.9 Å². The zero-order valence-corrected chi connectivity index (χ0v) is 14.6. The smallest absolute Gasteiger partial charge is 0.243 e. The van der Waals surface area contributed by atoms with E-state index in [9.17, 15) is 4.79 Å². The van der Waals surface area contributed by atoms with E-state index in [0.717, 1.165) is 25.1 Å². The van der Waals surface area contributed by atoms with E-state index in [0.29, 0.717) is 23.1 Å². The minimum absolute atomic E-state index is 0.115. The number of benzene rings is 2. The van der Waals surface area contributed by atoms with Gasteiger partial charge in [-0.3, -0.25) is 4.79 Å². The number of carbonyl (C=O) groups is 1. The number of ether oxygens (including phenoxy) is 2. The van der Waals surface area contributed by atoms with Crippen molar-refractivity contribution in [1.82, 2.24) is 0 Å². The molecule has 1 aliphatic rings. The Bertz CT molecular complexity index is 717. The molecule has 25 heavy (non-hydrogen) atoms. The Hall–Kier alpha value is -2.24. The molecule has 0 bridgehead atoms. The van der Waals surface area contributed by atoms with Crippen LogP contribution >= 0.6 is 11.6 Å². The summed E-state index contributed by atoms with van der Waals surface area (Å²) in [5, 5.41) is 6.47. The molecule has 3 rings (SSSR count). The fourth-order valence-corrected chi connectivity index (χ4v) is 2.83. The predicted octanol–water partition coefficient (Wildman–Crippen LogP) is 3.95. The third-order valence-corrected chi connectivity index (χ3v) is 4.25. The van der Waals surface area contributed by atoms with Crippen molar-refractivity contribution in [2.75, 3.05) is 30.4 Å². The van der Waals surface area contributed by atoms with Gasteiger partial charge in [0.1, 0.15) is 12.4 Å². The number of halogens is 1. The number of nitrogens with one attached hydrogen (secondary N) is 2. The second kappa shape index (κ2) is 8.74. The highest BCUT2D eigenvalue weighted by molar-refractivity contribution is 6.33. The quantitative estimate of drug-likeness (QED) is 0.785. The van der Waals surface area contributed by atoms with Gasteiger partial charge in [-0.1, -0.05) is 35.9 Å². The van der Waals surface area contributed by atoms with Gasteiger partial charge in [0.05, 0.1) is 29.0 Å². The van der Waals surface area contributed by atoms with Crippen LogP contribution in [-0.2, 0) is 9.53 Å². The number of para-hydroxylation sites is 3. The Kier molecular flexibility index (Phi) is 6.14. The molecule has 1 amide bonds. The molecule has 0 aromatic heterocycles. The van der Waals surface area contributed by atoms with Crippen molar-refractivity contribution in [3.8, 4) is 5.75 Å². The van der Waals surface area contributed by atoms with Gasteiger partial charge in [0.15, 0.2) is 0 Å². The monoisotopic (exact) mass is 360 g/mol. The zero-order chi connectivity index (χ0) is 17.5. The second-order valence-corrected chi connectivity index (χ2v) is 6.23. The maximum atomic E-state index is 12.2. The van der Waals surface area contributed by atoms with Crippen molar-refractivity contribution in [2.45, 2.75) is 18.9 Å². The molecule has 2 aromatic rings. The van der Waals surface area contributed by atoms with E-state index in [2.05, 4.69) is 10.6 Å². The van der Waals surface area contributed by atoms with Crippen molar-refractivity contribution in [3.63, 3.8) is 0 Å². The molecule has 1 aliphatic heterocycles. The highest BCUT2D eigenvalue weighted by Gasteiger charge is 2.17. The van der Waals surface area contributed by atoms with Crippen LogP contribution in [-0.4, -0.2) is 31.8 Å². The Labute approximate surface area is 152 Å². The summed E-state index contributed by atoms with van der Waals surface area (Å²) in [6.07, 6.45) is 2.21. The molecule has 1 heterocycles. The van der Waals surface area contributed by atoms with Crippen molar-refractivity contribution in [3.05, 3.63) is 53.6 Å². The summed E-state index contributed by atoms with van der Waals surface area (Å²) < 4.78 is 11.4. The summed E-state index contributed by atoms with van der Waals surface area (Å²) in [7, 11) is 0. The molecule has 0 spiro atoms. The van der Waals surface area contributed by atoms with Crippen LogP contribution in [0.25, 0.3) is 0 Å². The van der Waals surface area contributed by atoms with Crippen molar-refractivity contribution in [1.29, 1.82) is 0 Å². The average Bonchev–Trinajstić information content (AvgIpc) is 3.14. The molecule has 0 radical (unpaired) electrons. The molecule has 132 valence electrons. The standard InChI is InChI=1S/C19H21ClN2O3/c20-15-7-1-2-8-16(15)21-12-19(23)22-17-9-3-4-10-18(17)25-13-14-6-5-11-24-14/h1-4,7-10,14,21H,5-6,11-13H2,(H,22,23). The summed E-state index contributed by atoms with van der Waals surface area (Å²) in [6, 6.07) is 14.7. The van der Waals surface area contributed by atoms with Crippen LogP contribution in [0.1, 0.15) is 12.8 Å². The Morgan fingerprint density at radius 1 is 1.16 bits per heavy atom. The first-order valence-electron chi connectivity index (χ1n) is 8.34. The van der Waals surface area contributed by atoms with Crippen LogP contribution in [0.5, 0.6) is 5.75 Å². The van der Waals surface area contributed by atoms with Crippen LogP contribution in [0.15, 0.2) is 48.5 Å². The number of amides is 1. The molecule has 0 aliphatic carbocycles. The van der Waals surface area contributed by atoms with Crippen LogP contribution < -0.4 is 15.4 Å². The lowest BCUT2D eigenvalue weighted by molar-refractivity contribution is -0.114. The summed E-state index contributed by atoms with van der Waals surface area (Å²) >= 11 is 6.07. The lowest BCUT2D eigenvalue weighted by Gasteiger charge is -2.15. The highest BCUT2D eigenvalue weighted by atomic mass is 35.5. The SMILES string of the molecule is O=C(CNc1ccccc1Cl)Nc1ccccc1OCC1CCCO1. The molecule has 5 nitrogen and oxygen atoms in total. The summed E-state index contributed by atoms with van der Waals surface area (Å²) in [5.74, 6) is 0.470. The first kappa shape index (κ1) is 17.6. The van der Waals surface area contributed by atoms with E-state index in [-0.39, 0.29) is 18.6 Å². The molecular formula is C19H21ClN2O3. The molecule has 1 fully saturated rings. The number of carbonyl (C=O) groups excluding carboxylic acids is 1. The second-order valence-electron chi connectivity index (χ2n) is 5.82. The molecule has 6 heteroatoms. The van der Waals surface area contributed by atoms with E-state index in [1.54, 1.807) is 6.07 Å². The van der Waals surface area contributed by atoms with Gasteiger partial charge >= 0.3 is 0 Å². The zero-order valence-electron chi connectivity index (χ0n) is 13.8. The number of rotatable bonds is 7. The maximum Gasteiger partial charge on any atom is 0.243 e. The average molecular weight is 361 g/mol. The van der Waals surface area contributed by atoms with Crippen LogP contribution in [0.4, 0.5) is 11.4 Å². The maximum absolute atomic E-state index is 12.2. The summed E-state index contributed by atoms with van der Waals surface area (Å²) in [5.41, 5.74) is 1.37. The van der Waals surface area contributed by atoms with E-state index < -0.39 is 0 Å². The largest absolute Gasteiger partial charge is 0.489 e. The van der Waals surface area contributed by atoms with Crippen LogP contribution in [0.2, 0.25) is 5.02 Å². The summed E-state index contributed by atoms with van der Waals surface area (Å²) in [4.78, 5) is 12.2.